The highest BCUT2D eigenvalue weighted by Gasteiger charge is 2.17. The zero-order valence-corrected chi connectivity index (χ0v) is 15.4. The number of hydrogen-bond donors (Lipinski definition) is 2. The molecule has 148 valence electrons. The third kappa shape index (κ3) is 3.72. The van der Waals surface area contributed by atoms with Crippen molar-refractivity contribution in [2.75, 3.05) is 0 Å². The number of fused-ring (bicyclic) bond motifs is 1. The van der Waals surface area contributed by atoms with Gasteiger partial charge < -0.3 is 4.42 Å². The van der Waals surface area contributed by atoms with Gasteiger partial charge in [0.2, 0.25) is 0 Å². The molecule has 0 radical (unpaired) electrons. The molecule has 2 N–H and O–H groups in total. The molecule has 4 aromatic rings. The van der Waals surface area contributed by atoms with E-state index in [0.29, 0.717) is 22.4 Å². The molecule has 0 unspecified atom stereocenters. The molecule has 2 amide bonds. The van der Waals surface area contributed by atoms with E-state index < -0.39 is 16.7 Å². The molecule has 0 aliphatic heterocycles. The molecule has 2 aromatic heterocycles. The maximum Gasteiger partial charge on any atom is 0.270 e. The fraction of sp³-hybridized carbons (Fsp3) is 0. The van der Waals surface area contributed by atoms with E-state index in [4.69, 9.17) is 4.42 Å². The molecule has 0 saturated carbocycles. The van der Waals surface area contributed by atoms with Crippen molar-refractivity contribution < 1.29 is 18.9 Å². The SMILES string of the molecule is O=C(NNC(=O)c1cc(-c2ccco2)nc2ccccc12)c1cccc([N+](=O)[O-])c1. The fourth-order valence-corrected chi connectivity index (χ4v) is 2.93. The summed E-state index contributed by atoms with van der Waals surface area (Å²) in [7, 11) is 0. The molecule has 2 heterocycles. The van der Waals surface area contributed by atoms with E-state index in [-0.39, 0.29) is 16.8 Å². The summed E-state index contributed by atoms with van der Waals surface area (Å²) in [5.74, 6) is -0.757. The molecule has 9 nitrogen and oxygen atoms in total. The summed E-state index contributed by atoms with van der Waals surface area (Å²) in [5, 5.41) is 11.5. The van der Waals surface area contributed by atoms with Crippen LogP contribution < -0.4 is 10.9 Å². The van der Waals surface area contributed by atoms with Crippen molar-refractivity contribution in [1.82, 2.24) is 15.8 Å². The Morgan fingerprint density at radius 2 is 1.73 bits per heavy atom. The van der Waals surface area contributed by atoms with Crippen molar-refractivity contribution in [1.29, 1.82) is 0 Å². The predicted molar refractivity (Wildman–Crippen MR) is 107 cm³/mol. The number of furan rings is 1. The summed E-state index contributed by atoms with van der Waals surface area (Å²) in [6.45, 7) is 0. The molecule has 9 heteroatoms. The number of non-ortho nitro benzene ring substituents is 1. The molecule has 0 atom stereocenters. The summed E-state index contributed by atoms with van der Waals surface area (Å²) in [4.78, 5) is 39.9. The first-order valence-electron chi connectivity index (χ1n) is 8.82. The van der Waals surface area contributed by atoms with Gasteiger partial charge in [-0.15, -0.1) is 0 Å². The summed E-state index contributed by atoms with van der Waals surface area (Å²) in [5.41, 5.74) is 5.77. The Kier molecular flexibility index (Phi) is 4.92. The van der Waals surface area contributed by atoms with Crippen LogP contribution in [0.25, 0.3) is 22.4 Å². The van der Waals surface area contributed by atoms with Gasteiger partial charge in [0.1, 0.15) is 5.69 Å². The van der Waals surface area contributed by atoms with Crippen molar-refractivity contribution in [3.8, 4) is 11.5 Å². The Morgan fingerprint density at radius 3 is 2.50 bits per heavy atom. The second kappa shape index (κ2) is 7.84. The molecule has 0 bridgehead atoms. The molecule has 0 aliphatic carbocycles. The number of aromatic nitrogens is 1. The number of pyridine rings is 1. The van der Waals surface area contributed by atoms with Gasteiger partial charge in [-0.25, -0.2) is 4.98 Å². The second-order valence-electron chi connectivity index (χ2n) is 6.27. The van der Waals surface area contributed by atoms with Crippen molar-refractivity contribution in [2.45, 2.75) is 0 Å². The number of rotatable bonds is 4. The minimum absolute atomic E-state index is 0.0420. The Labute approximate surface area is 169 Å². The molecule has 0 saturated heterocycles. The molecule has 30 heavy (non-hydrogen) atoms. The van der Waals surface area contributed by atoms with Crippen LogP contribution >= 0.6 is 0 Å². The quantitative estimate of drug-likeness (QED) is 0.397. The van der Waals surface area contributed by atoms with Crippen molar-refractivity contribution >= 4 is 28.4 Å². The monoisotopic (exact) mass is 402 g/mol. The third-order valence-electron chi connectivity index (χ3n) is 4.34. The lowest BCUT2D eigenvalue weighted by Crippen LogP contribution is -2.41. The topological polar surface area (TPSA) is 127 Å². The summed E-state index contributed by atoms with van der Waals surface area (Å²) < 4.78 is 5.37. The van der Waals surface area contributed by atoms with Crippen LogP contribution in [0.15, 0.2) is 77.4 Å². The molecular formula is C21H14N4O5. The first-order valence-corrected chi connectivity index (χ1v) is 8.82. The smallest absolute Gasteiger partial charge is 0.270 e. The van der Waals surface area contributed by atoms with Gasteiger partial charge in [-0.05, 0) is 30.3 Å². The van der Waals surface area contributed by atoms with Crippen LogP contribution in [-0.2, 0) is 0 Å². The number of hydrazine groups is 1. The number of nitrogens with zero attached hydrogens (tertiary/aromatic N) is 2. The molecule has 0 spiro atoms. The molecule has 0 fully saturated rings. The zero-order chi connectivity index (χ0) is 21.1. The van der Waals surface area contributed by atoms with Gasteiger partial charge in [-0.2, -0.15) is 0 Å². The average molecular weight is 402 g/mol. The van der Waals surface area contributed by atoms with Gasteiger partial charge >= 0.3 is 0 Å². The van der Waals surface area contributed by atoms with E-state index in [1.54, 1.807) is 42.5 Å². The number of nitrogens with one attached hydrogen (secondary N) is 2. The van der Waals surface area contributed by atoms with Crippen LogP contribution in [0.3, 0.4) is 0 Å². The number of hydrogen-bond acceptors (Lipinski definition) is 6. The van der Waals surface area contributed by atoms with E-state index in [1.807, 2.05) is 0 Å². The summed E-state index contributed by atoms with van der Waals surface area (Å²) in [6, 6.07) is 17.3. The van der Waals surface area contributed by atoms with Crippen LogP contribution in [-0.4, -0.2) is 21.7 Å². The van der Waals surface area contributed by atoms with Crippen molar-refractivity contribution in [2.24, 2.45) is 0 Å². The van der Waals surface area contributed by atoms with Crippen LogP contribution in [0, 0.1) is 10.1 Å². The van der Waals surface area contributed by atoms with E-state index >= 15 is 0 Å². The first kappa shape index (κ1) is 18.8. The average Bonchev–Trinajstić information content (AvgIpc) is 3.31. The lowest BCUT2D eigenvalue weighted by molar-refractivity contribution is -0.384. The minimum Gasteiger partial charge on any atom is -0.463 e. The van der Waals surface area contributed by atoms with Gasteiger partial charge in [0, 0.05) is 23.1 Å². The number of amides is 2. The molecular weight excluding hydrogens is 388 g/mol. The van der Waals surface area contributed by atoms with Gasteiger partial charge in [-0.1, -0.05) is 24.3 Å². The highest BCUT2D eigenvalue weighted by Crippen LogP contribution is 2.25. The van der Waals surface area contributed by atoms with Gasteiger partial charge in [0.15, 0.2) is 5.76 Å². The Balaban J connectivity index is 1.60. The fourth-order valence-electron chi connectivity index (χ4n) is 2.93. The summed E-state index contributed by atoms with van der Waals surface area (Å²) in [6.07, 6.45) is 1.51. The number of carbonyl (C=O) groups is 2. The Morgan fingerprint density at radius 1 is 0.933 bits per heavy atom. The predicted octanol–water partition coefficient (Wildman–Crippen LogP) is 3.48. The largest absolute Gasteiger partial charge is 0.463 e. The van der Waals surface area contributed by atoms with E-state index in [2.05, 4.69) is 15.8 Å². The first-order chi connectivity index (χ1) is 14.5. The highest BCUT2D eigenvalue weighted by molar-refractivity contribution is 6.08. The molecule has 0 aliphatic rings. The lowest BCUT2D eigenvalue weighted by Gasteiger charge is -2.10. The third-order valence-corrected chi connectivity index (χ3v) is 4.34. The number of benzene rings is 2. The van der Waals surface area contributed by atoms with E-state index in [0.717, 1.165) is 6.07 Å². The number of nitro groups is 1. The van der Waals surface area contributed by atoms with Crippen LogP contribution in [0.1, 0.15) is 20.7 Å². The highest BCUT2D eigenvalue weighted by atomic mass is 16.6. The van der Waals surface area contributed by atoms with E-state index in [1.165, 1.54) is 24.5 Å². The van der Waals surface area contributed by atoms with Gasteiger partial charge in [-0.3, -0.25) is 30.6 Å². The van der Waals surface area contributed by atoms with Gasteiger partial charge in [0.05, 0.1) is 22.3 Å². The number of nitro benzene ring substituents is 1. The van der Waals surface area contributed by atoms with Crippen molar-refractivity contribution in [3.63, 3.8) is 0 Å². The van der Waals surface area contributed by atoms with Crippen LogP contribution in [0.2, 0.25) is 0 Å². The van der Waals surface area contributed by atoms with E-state index in [9.17, 15) is 19.7 Å². The Hall–Kier alpha value is -4.53. The number of para-hydroxylation sites is 1. The maximum absolute atomic E-state index is 12.8. The standard InChI is InChI=1S/C21H14N4O5/c26-20(13-5-3-6-14(11-13)25(28)29)23-24-21(27)16-12-18(19-9-4-10-30-19)22-17-8-2-1-7-15(16)17/h1-12H,(H,23,26)(H,24,27). The minimum atomic E-state index is -0.684. The van der Waals surface area contributed by atoms with Crippen LogP contribution in [0.4, 0.5) is 5.69 Å². The molecule has 2 aromatic carbocycles. The number of carbonyl (C=O) groups excluding carboxylic acids is 2. The molecule has 4 rings (SSSR count). The lowest BCUT2D eigenvalue weighted by atomic mass is 10.1. The normalized spacial score (nSPS) is 10.5. The zero-order valence-electron chi connectivity index (χ0n) is 15.4. The van der Waals surface area contributed by atoms with Crippen LogP contribution in [0.5, 0.6) is 0 Å². The Bertz CT molecular complexity index is 1270. The maximum atomic E-state index is 12.8. The second-order valence-corrected chi connectivity index (χ2v) is 6.27. The van der Waals surface area contributed by atoms with Gasteiger partial charge in [0.25, 0.3) is 17.5 Å². The summed E-state index contributed by atoms with van der Waals surface area (Å²) >= 11 is 0. The van der Waals surface area contributed by atoms with Crippen molar-refractivity contribution in [3.05, 3.63) is 94.2 Å².